The van der Waals surface area contributed by atoms with Gasteiger partial charge in [-0.15, -0.1) is 0 Å². The quantitative estimate of drug-likeness (QED) is 0.730. The second-order valence-corrected chi connectivity index (χ2v) is 7.43. The van der Waals surface area contributed by atoms with E-state index in [4.69, 9.17) is 16.3 Å². The van der Waals surface area contributed by atoms with Crippen LogP contribution in [0, 0.1) is 0 Å². The number of nitrogens with one attached hydrogen (secondary N) is 2. The van der Waals surface area contributed by atoms with Gasteiger partial charge in [0.2, 0.25) is 17.8 Å². The molecule has 2 aliphatic heterocycles. The SMILES string of the molecule is Clc1ccc(Nc2nc(NCCN3CCOCC3)nc(N3CCCC3)n2)cc1. The van der Waals surface area contributed by atoms with Crippen molar-refractivity contribution < 1.29 is 4.74 Å². The highest BCUT2D eigenvalue weighted by Crippen LogP contribution is 2.21. The number of morpholine rings is 1. The van der Waals surface area contributed by atoms with Crippen LogP contribution >= 0.6 is 11.6 Å². The maximum absolute atomic E-state index is 5.97. The Bertz CT molecular complexity index is 761. The normalized spacial score (nSPS) is 17.7. The highest BCUT2D eigenvalue weighted by Gasteiger charge is 2.18. The summed E-state index contributed by atoms with van der Waals surface area (Å²) in [6.07, 6.45) is 2.34. The van der Waals surface area contributed by atoms with Gasteiger partial charge in [-0.3, -0.25) is 4.90 Å². The van der Waals surface area contributed by atoms with Gasteiger partial charge in [0.15, 0.2) is 0 Å². The lowest BCUT2D eigenvalue weighted by atomic mass is 10.3. The van der Waals surface area contributed by atoms with Crippen molar-refractivity contribution in [2.45, 2.75) is 12.8 Å². The molecule has 150 valence electrons. The minimum Gasteiger partial charge on any atom is -0.379 e. The van der Waals surface area contributed by atoms with Gasteiger partial charge in [-0.2, -0.15) is 15.0 Å². The summed E-state index contributed by atoms with van der Waals surface area (Å²) in [6, 6.07) is 7.50. The zero-order valence-corrected chi connectivity index (χ0v) is 16.7. The second-order valence-electron chi connectivity index (χ2n) is 6.99. The smallest absolute Gasteiger partial charge is 0.233 e. The molecular weight excluding hydrogens is 378 g/mol. The molecule has 1 aromatic carbocycles. The van der Waals surface area contributed by atoms with Crippen molar-refractivity contribution in [3.63, 3.8) is 0 Å². The van der Waals surface area contributed by atoms with Crippen LogP contribution < -0.4 is 15.5 Å². The van der Waals surface area contributed by atoms with E-state index in [9.17, 15) is 0 Å². The predicted octanol–water partition coefficient (Wildman–Crippen LogP) is 2.61. The molecule has 2 fully saturated rings. The van der Waals surface area contributed by atoms with Crippen LogP contribution in [-0.2, 0) is 4.74 Å². The van der Waals surface area contributed by atoms with Crippen molar-refractivity contribution in [3.05, 3.63) is 29.3 Å². The van der Waals surface area contributed by atoms with Crippen LogP contribution in [0.4, 0.5) is 23.5 Å². The first-order valence-electron chi connectivity index (χ1n) is 9.84. The van der Waals surface area contributed by atoms with Gasteiger partial charge in [0.1, 0.15) is 0 Å². The molecule has 0 spiro atoms. The molecule has 2 aromatic rings. The number of nitrogens with zero attached hydrogens (tertiary/aromatic N) is 5. The van der Waals surface area contributed by atoms with E-state index in [1.807, 2.05) is 24.3 Å². The van der Waals surface area contributed by atoms with Crippen LogP contribution in [0.15, 0.2) is 24.3 Å². The van der Waals surface area contributed by atoms with Gasteiger partial charge < -0.3 is 20.3 Å². The predicted molar refractivity (Wildman–Crippen MR) is 112 cm³/mol. The summed E-state index contributed by atoms with van der Waals surface area (Å²) in [5.74, 6) is 1.85. The average molecular weight is 404 g/mol. The molecule has 2 aliphatic rings. The van der Waals surface area contributed by atoms with E-state index in [-0.39, 0.29) is 0 Å². The third kappa shape index (κ3) is 5.21. The van der Waals surface area contributed by atoms with Crippen molar-refractivity contribution in [1.29, 1.82) is 0 Å². The summed E-state index contributed by atoms with van der Waals surface area (Å²) < 4.78 is 5.40. The largest absolute Gasteiger partial charge is 0.379 e. The number of aromatic nitrogens is 3. The minimum atomic E-state index is 0.535. The molecule has 0 aliphatic carbocycles. The molecule has 3 heterocycles. The van der Waals surface area contributed by atoms with E-state index in [0.29, 0.717) is 16.9 Å². The first-order valence-corrected chi connectivity index (χ1v) is 10.2. The molecule has 0 radical (unpaired) electrons. The Kier molecular flexibility index (Phi) is 6.41. The van der Waals surface area contributed by atoms with E-state index >= 15 is 0 Å². The maximum Gasteiger partial charge on any atom is 0.233 e. The van der Waals surface area contributed by atoms with Crippen LogP contribution in [0.5, 0.6) is 0 Å². The van der Waals surface area contributed by atoms with Gasteiger partial charge in [-0.25, -0.2) is 0 Å². The maximum atomic E-state index is 5.97. The fraction of sp³-hybridized carbons (Fsp3) is 0.526. The molecule has 1 aromatic heterocycles. The van der Waals surface area contributed by atoms with E-state index in [0.717, 1.165) is 64.1 Å². The molecule has 8 nitrogen and oxygen atoms in total. The Balaban J connectivity index is 1.45. The number of hydrogen-bond acceptors (Lipinski definition) is 8. The van der Waals surface area contributed by atoms with Gasteiger partial charge in [0, 0.05) is 50.0 Å². The van der Waals surface area contributed by atoms with Crippen LogP contribution in [0.2, 0.25) is 5.02 Å². The monoisotopic (exact) mass is 403 g/mol. The van der Waals surface area contributed by atoms with E-state index < -0.39 is 0 Å². The van der Waals surface area contributed by atoms with Crippen molar-refractivity contribution in [3.8, 4) is 0 Å². The lowest BCUT2D eigenvalue weighted by Crippen LogP contribution is -2.39. The molecule has 0 amide bonds. The molecule has 0 bridgehead atoms. The molecule has 28 heavy (non-hydrogen) atoms. The van der Waals surface area contributed by atoms with E-state index in [2.05, 4.69) is 35.4 Å². The van der Waals surface area contributed by atoms with Crippen molar-refractivity contribution >= 4 is 35.1 Å². The Morgan fingerprint density at radius 1 is 0.929 bits per heavy atom. The lowest BCUT2D eigenvalue weighted by molar-refractivity contribution is 0.0398. The second kappa shape index (κ2) is 9.36. The zero-order valence-electron chi connectivity index (χ0n) is 15.9. The topological polar surface area (TPSA) is 78.4 Å². The summed E-state index contributed by atoms with van der Waals surface area (Å²) in [7, 11) is 0. The highest BCUT2D eigenvalue weighted by atomic mass is 35.5. The first-order chi connectivity index (χ1) is 13.8. The third-order valence-corrected chi connectivity index (χ3v) is 5.18. The van der Waals surface area contributed by atoms with Gasteiger partial charge in [0.25, 0.3) is 0 Å². The van der Waals surface area contributed by atoms with Crippen molar-refractivity contribution in [1.82, 2.24) is 19.9 Å². The highest BCUT2D eigenvalue weighted by molar-refractivity contribution is 6.30. The third-order valence-electron chi connectivity index (χ3n) is 4.93. The molecular formula is C19H26ClN7O. The molecule has 2 N–H and O–H groups in total. The number of anilines is 4. The summed E-state index contributed by atoms with van der Waals surface area (Å²) >= 11 is 5.97. The molecule has 2 saturated heterocycles. The average Bonchev–Trinajstić information content (AvgIpc) is 3.26. The first kappa shape index (κ1) is 19.2. The van der Waals surface area contributed by atoms with Gasteiger partial charge in [-0.05, 0) is 37.1 Å². The summed E-state index contributed by atoms with van der Waals surface area (Å²) in [6.45, 7) is 7.25. The molecule has 0 atom stereocenters. The molecule has 4 rings (SSSR count). The number of rotatable bonds is 7. The Morgan fingerprint density at radius 2 is 1.64 bits per heavy atom. The number of ether oxygens (including phenoxy) is 1. The van der Waals surface area contributed by atoms with Crippen LogP contribution in [0.25, 0.3) is 0 Å². The zero-order chi connectivity index (χ0) is 19.2. The van der Waals surface area contributed by atoms with Crippen molar-refractivity contribution in [2.75, 3.05) is 68.0 Å². The molecule has 9 heteroatoms. The molecule has 0 unspecified atom stereocenters. The van der Waals surface area contributed by atoms with Gasteiger partial charge in [-0.1, -0.05) is 11.6 Å². The van der Waals surface area contributed by atoms with Crippen LogP contribution in [-0.4, -0.2) is 72.3 Å². The fourth-order valence-corrected chi connectivity index (χ4v) is 3.50. The standard InChI is InChI=1S/C19H26ClN7O/c20-15-3-5-16(6-4-15)22-18-23-17(21-7-10-26-11-13-28-14-12-26)24-19(25-18)27-8-1-2-9-27/h3-6H,1-2,7-14H2,(H2,21,22,23,24,25). The van der Waals surface area contributed by atoms with Gasteiger partial charge >= 0.3 is 0 Å². The minimum absolute atomic E-state index is 0.535. The van der Waals surface area contributed by atoms with Gasteiger partial charge in [0.05, 0.1) is 13.2 Å². The summed E-state index contributed by atoms with van der Waals surface area (Å²) in [4.78, 5) is 18.4. The Morgan fingerprint density at radius 3 is 2.39 bits per heavy atom. The number of hydrogen-bond donors (Lipinski definition) is 2. The van der Waals surface area contributed by atoms with E-state index in [1.165, 1.54) is 12.8 Å². The summed E-state index contributed by atoms with van der Waals surface area (Å²) in [5, 5.41) is 7.32. The van der Waals surface area contributed by atoms with E-state index in [1.54, 1.807) is 0 Å². The Labute approximate surface area is 170 Å². The summed E-state index contributed by atoms with van der Waals surface area (Å²) in [5.41, 5.74) is 0.891. The van der Waals surface area contributed by atoms with Crippen molar-refractivity contribution in [2.24, 2.45) is 0 Å². The molecule has 0 saturated carbocycles. The van der Waals surface area contributed by atoms with Crippen LogP contribution in [0.1, 0.15) is 12.8 Å². The lowest BCUT2D eigenvalue weighted by Gasteiger charge is -2.26. The number of halogens is 1. The fourth-order valence-electron chi connectivity index (χ4n) is 3.37. The van der Waals surface area contributed by atoms with Crippen LogP contribution in [0.3, 0.4) is 0 Å². The Hall–Kier alpha value is -2.16. The number of benzene rings is 1.